The Balaban J connectivity index is 2.64. The normalized spacial score (nSPS) is 21.8. The second-order valence-corrected chi connectivity index (χ2v) is 7.76. The van der Waals surface area contributed by atoms with Crippen LogP contribution in [0.1, 0.15) is 32.3 Å². The number of nitrogens with zero attached hydrogens (tertiary/aromatic N) is 1. The van der Waals surface area contributed by atoms with Crippen molar-refractivity contribution < 1.29 is 37.3 Å². The Bertz CT molecular complexity index is 857. The molecule has 6 nitrogen and oxygen atoms in total. The Hall–Kier alpha value is -2.44. The zero-order valence-corrected chi connectivity index (χ0v) is 17.3. The summed E-state index contributed by atoms with van der Waals surface area (Å²) < 4.78 is 47.5. The zero-order valence-electron chi connectivity index (χ0n) is 16.5. The second kappa shape index (κ2) is 8.74. The van der Waals surface area contributed by atoms with E-state index in [-0.39, 0.29) is 36.6 Å². The fraction of sp³-hybridized carbons (Fsp3) is 0.500. The van der Waals surface area contributed by atoms with Crippen molar-refractivity contribution in [2.24, 2.45) is 5.92 Å². The zero-order chi connectivity index (χ0) is 22.9. The highest BCUT2D eigenvalue weighted by atomic mass is 35.5. The van der Waals surface area contributed by atoms with Crippen molar-refractivity contribution in [2.75, 3.05) is 11.5 Å². The molecule has 1 heterocycles. The molecule has 164 valence electrons. The van der Waals surface area contributed by atoms with E-state index >= 15 is 0 Å². The Labute approximate surface area is 176 Å². The number of benzene rings is 1. The van der Waals surface area contributed by atoms with Gasteiger partial charge in [-0.15, -0.1) is 19.6 Å². The van der Waals surface area contributed by atoms with Gasteiger partial charge in [-0.1, -0.05) is 25.4 Å². The van der Waals surface area contributed by atoms with Crippen LogP contribution in [0.4, 0.5) is 18.9 Å². The Morgan fingerprint density at radius 2 is 2.07 bits per heavy atom. The van der Waals surface area contributed by atoms with Crippen LogP contribution in [0.2, 0.25) is 5.02 Å². The largest absolute Gasteiger partial charge is 0.573 e. The van der Waals surface area contributed by atoms with Gasteiger partial charge in [-0.25, -0.2) is 4.79 Å². The van der Waals surface area contributed by atoms with Crippen LogP contribution in [-0.2, 0) is 14.3 Å². The molecule has 2 rings (SSSR count). The van der Waals surface area contributed by atoms with Gasteiger partial charge in [0.1, 0.15) is 0 Å². The van der Waals surface area contributed by atoms with Crippen molar-refractivity contribution in [1.82, 2.24) is 0 Å². The fourth-order valence-corrected chi connectivity index (χ4v) is 3.80. The van der Waals surface area contributed by atoms with E-state index in [0.717, 1.165) is 11.0 Å². The number of hydrogen-bond donors (Lipinski definition) is 1. The van der Waals surface area contributed by atoms with Gasteiger partial charge in [0, 0.05) is 25.1 Å². The lowest BCUT2D eigenvalue weighted by molar-refractivity contribution is -0.274. The molecule has 30 heavy (non-hydrogen) atoms. The molecule has 0 aromatic heterocycles. The fourth-order valence-electron chi connectivity index (χ4n) is 3.50. The van der Waals surface area contributed by atoms with Gasteiger partial charge < -0.3 is 14.6 Å². The predicted octanol–water partition coefficient (Wildman–Crippen LogP) is 4.17. The molecule has 1 N–H and O–H groups in total. The van der Waals surface area contributed by atoms with E-state index in [0.29, 0.717) is 0 Å². The summed E-state index contributed by atoms with van der Waals surface area (Å²) in [7, 11) is 0. The molecule has 2 unspecified atom stereocenters. The summed E-state index contributed by atoms with van der Waals surface area (Å²) in [5.74, 6) is -1.04. The molecule has 0 spiro atoms. The van der Waals surface area contributed by atoms with E-state index in [1.807, 2.05) is 19.8 Å². The number of amides is 1. The molecule has 2 atom stereocenters. The molecule has 1 aromatic carbocycles. The van der Waals surface area contributed by atoms with Gasteiger partial charge in [0.2, 0.25) is 0 Å². The molecule has 0 saturated carbocycles. The first-order valence-corrected chi connectivity index (χ1v) is 9.42. The van der Waals surface area contributed by atoms with Crippen LogP contribution < -0.4 is 9.64 Å². The van der Waals surface area contributed by atoms with Crippen LogP contribution in [-0.4, -0.2) is 41.6 Å². The highest BCUT2D eigenvalue weighted by Crippen LogP contribution is 2.42. The van der Waals surface area contributed by atoms with Crippen LogP contribution in [0.25, 0.3) is 0 Å². The summed E-state index contributed by atoms with van der Waals surface area (Å²) >= 11 is 5.99. The number of terminal acetylenes is 1. The van der Waals surface area contributed by atoms with Crippen molar-refractivity contribution in [3.63, 3.8) is 0 Å². The SMILES string of the molecule is C#CC(=O)N(c1cc(C)c(OC(F)(F)F)c(Cl)c1)C1(C(=O)O)CCOC(C(C)C)C1. The second-order valence-electron chi connectivity index (χ2n) is 7.35. The van der Waals surface area contributed by atoms with Gasteiger partial charge >= 0.3 is 18.2 Å². The highest BCUT2D eigenvalue weighted by Gasteiger charge is 2.51. The van der Waals surface area contributed by atoms with E-state index < -0.39 is 40.7 Å². The maximum atomic E-state index is 12.7. The van der Waals surface area contributed by atoms with Gasteiger partial charge in [-0.2, -0.15) is 0 Å². The van der Waals surface area contributed by atoms with E-state index in [1.165, 1.54) is 13.0 Å². The van der Waals surface area contributed by atoms with E-state index in [4.69, 9.17) is 22.8 Å². The standard InChI is InChI=1S/C20H21ClF3NO5/c1-5-16(26)25(19(18(27)28)6-7-29-15(10-19)11(2)3)13-8-12(4)17(14(21)9-13)30-20(22,23)24/h1,8-9,11,15H,6-7,10H2,2-4H3,(H,27,28). The van der Waals surface area contributed by atoms with Crippen LogP contribution in [0.15, 0.2) is 12.1 Å². The maximum Gasteiger partial charge on any atom is 0.573 e. The third-order valence-electron chi connectivity index (χ3n) is 4.97. The van der Waals surface area contributed by atoms with Crippen molar-refractivity contribution in [3.05, 3.63) is 22.7 Å². The third-order valence-corrected chi connectivity index (χ3v) is 5.25. The number of aliphatic carboxylic acids is 1. The Morgan fingerprint density at radius 1 is 1.43 bits per heavy atom. The summed E-state index contributed by atoms with van der Waals surface area (Å²) in [5.41, 5.74) is -1.84. The highest BCUT2D eigenvalue weighted by molar-refractivity contribution is 6.32. The molecule has 1 saturated heterocycles. The molecule has 0 aliphatic carbocycles. The number of carbonyl (C=O) groups is 2. The topological polar surface area (TPSA) is 76.1 Å². The van der Waals surface area contributed by atoms with Crippen LogP contribution in [0.3, 0.4) is 0 Å². The Morgan fingerprint density at radius 3 is 2.53 bits per heavy atom. The Kier molecular flexibility index (Phi) is 6.94. The summed E-state index contributed by atoms with van der Waals surface area (Å²) in [5, 5.41) is 9.65. The van der Waals surface area contributed by atoms with Gasteiger partial charge in [0.05, 0.1) is 11.1 Å². The van der Waals surface area contributed by atoms with Crippen molar-refractivity contribution in [2.45, 2.75) is 51.6 Å². The number of carbonyl (C=O) groups excluding carboxylic acids is 1. The summed E-state index contributed by atoms with van der Waals surface area (Å²) in [6.07, 6.45) is -0.262. The minimum Gasteiger partial charge on any atom is -0.479 e. The summed E-state index contributed by atoms with van der Waals surface area (Å²) in [6, 6.07) is 2.22. The molecule has 0 bridgehead atoms. The molecule has 1 aliphatic rings. The molecular weight excluding hydrogens is 427 g/mol. The minimum atomic E-state index is -4.97. The van der Waals surface area contributed by atoms with Crippen LogP contribution in [0, 0.1) is 25.2 Å². The monoisotopic (exact) mass is 447 g/mol. The average molecular weight is 448 g/mol. The summed E-state index contributed by atoms with van der Waals surface area (Å²) in [6.45, 7) is 5.05. The third kappa shape index (κ3) is 4.82. The molecule has 0 radical (unpaired) electrons. The lowest BCUT2D eigenvalue weighted by atomic mass is 9.81. The lowest BCUT2D eigenvalue weighted by Crippen LogP contribution is -2.62. The summed E-state index contributed by atoms with van der Waals surface area (Å²) in [4.78, 5) is 26.0. The minimum absolute atomic E-state index is 0.0400. The van der Waals surface area contributed by atoms with E-state index in [1.54, 1.807) is 0 Å². The number of hydrogen-bond acceptors (Lipinski definition) is 4. The average Bonchev–Trinajstić information content (AvgIpc) is 2.64. The van der Waals surface area contributed by atoms with Crippen LogP contribution in [0.5, 0.6) is 5.75 Å². The number of anilines is 1. The van der Waals surface area contributed by atoms with Crippen molar-refractivity contribution >= 4 is 29.2 Å². The number of ether oxygens (including phenoxy) is 2. The van der Waals surface area contributed by atoms with Gasteiger partial charge in [0.25, 0.3) is 0 Å². The van der Waals surface area contributed by atoms with Crippen molar-refractivity contribution in [1.29, 1.82) is 0 Å². The molecule has 1 aromatic rings. The number of carboxylic acids is 1. The molecular formula is C20H21ClF3NO5. The number of aryl methyl sites for hydroxylation is 1. The van der Waals surface area contributed by atoms with Gasteiger partial charge in [-0.05, 0) is 36.5 Å². The lowest BCUT2D eigenvalue weighted by Gasteiger charge is -2.45. The van der Waals surface area contributed by atoms with Crippen molar-refractivity contribution in [3.8, 4) is 18.1 Å². The number of alkyl halides is 3. The maximum absolute atomic E-state index is 12.7. The van der Waals surface area contributed by atoms with Gasteiger partial charge in [-0.3, -0.25) is 9.69 Å². The molecule has 1 aliphatic heterocycles. The number of carboxylic acid groups (broad SMARTS) is 1. The van der Waals surface area contributed by atoms with Crippen LogP contribution >= 0.6 is 11.6 Å². The van der Waals surface area contributed by atoms with Gasteiger partial charge in [0.15, 0.2) is 11.3 Å². The predicted molar refractivity (Wildman–Crippen MR) is 103 cm³/mol. The first-order valence-electron chi connectivity index (χ1n) is 9.04. The smallest absolute Gasteiger partial charge is 0.479 e. The first kappa shape index (κ1) is 23.8. The first-order chi connectivity index (χ1) is 13.8. The molecule has 1 fully saturated rings. The van der Waals surface area contributed by atoms with E-state index in [2.05, 4.69) is 4.74 Å². The quantitative estimate of drug-likeness (QED) is 0.685. The molecule has 10 heteroatoms. The number of halogens is 4. The molecule has 1 amide bonds. The van der Waals surface area contributed by atoms with E-state index in [9.17, 15) is 27.9 Å². The number of rotatable bonds is 5.